The van der Waals surface area contributed by atoms with Gasteiger partial charge in [0.25, 0.3) is 15.9 Å². The maximum atomic E-state index is 12.9. The normalized spacial score (nSPS) is 10.9. The van der Waals surface area contributed by atoms with Crippen molar-refractivity contribution >= 4 is 27.3 Å². The van der Waals surface area contributed by atoms with E-state index in [2.05, 4.69) is 10.0 Å². The molecule has 0 fully saturated rings. The van der Waals surface area contributed by atoms with E-state index in [9.17, 15) is 17.6 Å². The molecule has 0 aliphatic carbocycles. The molecular formula is C21H19FN2O5S. The maximum Gasteiger partial charge on any atom is 0.262 e. The summed E-state index contributed by atoms with van der Waals surface area (Å²) in [6.45, 7) is 0. The number of carbonyl (C=O) groups excluding carboxylic acids is 1. The molecule has 30 heavy (non-hydrogen) atoms. The number of hydrogen-bond acceptors (Lipinski definition) is 5. The van der Waals surface area contributed by atoms with E-state index < -0.39 is 21.7 Å². The maximum absolute atomic E-state index is 12.9. The topological polar surface area (TPSA) is 93.7 Å². The summed E-state index contributed by atoms with van der Waals surface area (Å²) in [4.78, 5) is 12.3. The van der Waals surface area contributed by atoms with Crippen LogP contribution in [0.2, 0.25) is 0 Å². The number of methoxy groups -OCH3 is 2. The van der Waals surface area contributed by atoms with Gasteiger partial charge in [-0.2, -0.15) is 0 Å². The Labute approximate surface area is 173 Å². The summed E-state index contributed by atoms with van der Waals surface area (Å²) in [5.74, 6) is -0.115. The van der Waals surface area contributed by atoms with Crippen LogP contribution < -0.4 is 19.5 Å². The second kappa shape index (κ2) is 8.83. The molecule has 0 heterocycles. The third kappa shape index (κ3) is 4.87. The summed E-state index contributed by atoms with van der Waals surface area (Å²) >= 11 is 0. The van der Waals surface area contributed by atoms with E-state index in [1.807, 2.05) is 0 Å². The third-order valence-electron chi connectivity index (χ3n) is 4.17. The van der Waals surface area contributed by atoms with Crippen molar-refractivity contribution in [1.29, 1.82) is 0 Å². The summed E-state index contributed by atoms with van der Waals surface area (Å²) in [6, 6.07) is 15.5. The molecular weight excluding hydrogens is 411 g/mol. The van der Waals surface area contributed by atoms with Gasteiger partial charge >= 0.3 is 0 Å². The highest BCUT2D eigenvalue weighted by molar-refractivity contribution is 7.92. The molecule has 0 aromatic heterocycles. The number of benzene rings is 3. The smallest absolute Gasteiger partial charge is 0.262 e. The zero-order valence-corrected chi connectivity index (χ0v) is 17.0. The van der Waals surface area contributed by atoms with Crippen LogP contribution in [-0.2, 0) is 10.0 Å². The Morgan fingerprint density at radius 3 is 2.03 bits per heavy atom. The Bertz CT molecular complexity index is 1150. The van der Waals surface area contributed by atoms with Gasteiger partial charge in [-0.05, 0) is 60.7 Å². The fourth-order valence-corrected chi connectivity index (χ4v) is 3.70. The van der Waals surface area contributed by atoms with Crippen molar-refractivity contribution in [2.75, 3.05) is 24.3 Å². The lowest BCUT2D eigenvalue weighted by atomic mass is 10.2. The minimum absolute atomic E-state index is 0.00159. The molecule has 0 bridgehead atoms. The van der Waals surface area contributed by atoms with Gasteiger partial charge in [-0.1, -0.05) is 0 Å². The average Bonchev–Trinajstić information content (AvgIpc) is 2.75. The number of rotatable bonds is 7. The van der Waals surface area contributed by atoms with Gasteiger partial charge in [-0.3, -0.25) is 9.52 Å². The molecule has 0 atom stereocenters. The minimum Gasteiger partial charge on any atom is -0.493 e. The summed E-state index contributed by atoms with van der Waals surface area (Å²) in [5.41, 5.74) is 1.04. The first-order valence-electron chi connectivity index (χ1n) is 8.74. The molecule has 3 aromatic rings. The molecule has 0 spiro atoms. The van der Waals surface area contributed by atoms with Gasteiger partial charge in [0, 0.05) is 23.0 Å². The van der Waals surface area contributed by atoms with E-state index in [-0.39, 0.29) is 16.3 Å². The molecule has 156 valence electrons. The van der Waals surface area contributed by atoms with Gasteiger partial charge in [0.05, 0.1) is 19.1 Å². The predicted octanol–water partition coefficient (Wildman–Crippen LogP) is 3.90. The summed E-state index contributed by atoms with van der Waals surface area (Å²) in [5, 5.41) is 2.63. The van der Waals surface area contributed by atoms with Gasteiger partial charge < -0.3 is 14.8 Å². The van der Waals surface area contributed by atoms with E-state index in [1.165, 1.54) is 80.9 Å². The minimum atomic E-state index is -3.88. The van der Waals surface area contributed by atoms with Crippen LogP contribution in [0, 0.1) is 5.82 Å². The molecule has 9 heteroatoms. The van der Waals surface area contributed by atoms with Crippen molar-refractivity contribution in [3.8, 4) is 11.5 Å². The van der Waals surface area contributed by atoms with Gasteiger partial charge in [-0.25, -0.2) is 12.8 Å². The molecule has 0 aliphatic rings. The van der Waals surface area contributed by atoms with E-state index in [1.54, 1.807) is 0 Å². The molecule has 0 radical (unpaired) electrons. The van der Waals surface area contributed by atoms with Crippen molar-refractivity contribution in [3.05, 3.63) is 78.1 Å². The highest BCUT2D eigenvalue weighted by Crippen LogP contribution is 2.30. The molecule has 3 rings (SSSR count). The Balaban J connectivity index is 1.73. The summed E-state index contributed by atoms with van der Waals surface area (Å²) in [6.07, 6.45) is 0. The van der Waals surface area contributed by atoms with Crippen LogP contribution in [0.25, 0.3) is 0 Å². The molecule has 0 unspecified atom stereocenters. The Morgan fingerprint density at radius 2 is 1.43 bits per heavy atom. The third-order valence-corrected chi connectivity index (χ3v) is 5.55. The summed E-state index contributed by atoms with van der Waals surface area (Å²) < 4.78 is 50.9. The summed E-state index contributed by atoms with van der Waals surface area (Å²) in [7, 11) is -1.01. The van der Waals surface area contributed by atoms with E-state index in [4.69, 9.17) is 9.47 Å². The number of nitrogens with one attached hydrogen (secondary N) is 2. The number of amides is 1. The Hall–Kier alpha value is -3.59. The first kappa shape index (κ1) is 21.1. The zero-order chi connectivity index (χ0) is 21.7. The number of carbonyl (C=O) groups is 1. The van der Waals surface area contributed by atoms with Crippen LogP contribution in [0.15, 0.2) is 71.6 Å². The fourth-order valence-electron chi connectivity index (χ4n) is 2.62. The number of sulfonamides is 1. The molecule has 0 saturated heterocycles. The Morgan fingerprint density at radius 1 is 0.833 bits per heavy atom. The molecule has 3 aromatic carbocycles. The second-order valence-electron chi connectivity index (χ2n) is 6.16. The molecule has 2 N–H and O–H groups in total. The van der Waals surface area contributed by atoms with Crippen molar-refractivity contribution in [2.45, 2.75) is 4.90 Å². The van der Waals surface area contributed by atoms with Crippen molar-refractivity contribution in [3.63, 3.8) is 0 Å². The number of anilines is 2. The number of halogens is 1. The lowest BCUT2D eigenvalue weighted by Crippen LogP contribution is -2.14. The quantitative estimate of drug-likeness (QED) is 0.593. The van der Waals surface area contributed by atoms with E-state index >= 15 is 0 Å². The van der Waals surface area contributed by atoms with Crippen LogP contribution >= 0.6 is 0 Å². The monoisotopic (exact) mass is 430 g/mol. The van der Waals surface area contributed by atoms with Crippen LogP contribution in [0.3, 0.4) is 0 Å². The number of hydrogen-bond donors (Lipinski definition) is 2. The predicted molar refractivity (Wildman–Crippen MR) is 111 cm³/mol. The van der Waals surface area contributed by atoms with E-state index in [0.29, 0.717) is 17.0 Å². The van der Waals surface area contributed by atoms with Crippen molar-refractivity contribution in [1.82, 2.24) is 0 Å². The molecule has 0 saturated carbocycles. The lowest BCUT2D eigenvalue weighted by molar-refractivity contribution is 0.102. The zero-order valence-electron chi connectivity index (χ0n) is 16.2. The van der Waals surface area contributed by atoms with E-state index in [0.717, 1.165) is 0 Å². The van der Waals surface area contributed by atoms with Gasteiger partial charge in [0.15, 0.2) is 11.5 Å². The second-order valence-corrected chi connectivity index (χ2v) is 7.84. The van der Waals surface area contributed by atoms with Gasteiger partial charge in [-0.15, -0.1) is 0 Å². The first-order chi connectivity index (χ1) is 14.3. The van der Waals surface area contributed by atoms with Crippen LogP contribution in [0.4, 0.5) is 15.8 Å². The molecule has 1 amide bonds. The largest absolute Gasteiger partial charge is 0.493 e. The highest BCUT2D eigenvalue weighted by Gasteiger charge is 2.17. The highest BCUT2D eigenvalue weighted by atomic mass is 32.2. The van der Waals surface area contributed by atoms with Crippen molar-refractivity contribution in [2.24, 2.45) is 0 Å². The molecule has 0 aliphatic heterocycles. The lowest BCUT2D eigenvalue weighted by Gasteiger charge is -2.12. The Kier molecular flexibility index (Phi) is 6.22. The van der Waals surface area contributed by atoms with Crippen LogP contribution in [0.5, 0.6) is 11.5 Å². The van der Waals surface area contributed by atoms with Crippen LogP contribution in [-0.4, -0.2) is 28.5 Å². The van der Waals surface area contributed by atoms with Gasteiger partial charge in [0.2, 0.25) is 0 Å². The van der Waals surface area contributed by atoms with Gasteiger partial charge in [0.1, 0.15) is 5.82 Å². The first-order valence-corrected chi connectivity index (χ1v) is 10.2. The van der Waals surface area contributed by atoms with Crippen molar-refractivity contribution < 1.29 is 27.1 Å². The number of ether oxygens (including phenoxy) is 2. The standard InChI is InChI=1S/C21H19FN2O5S/c1-28-19-12-11-18(13-20(19)29-2)30(26,27)24-17-7-3-14(4-8-17)21(25)23-16-9-5-15(22)6-10-16/h3-13,24H,1-2H3,(H,23,25). The molecule has 7 nitrogen and oxygen atoms in total. The van der Waals surface area contributed by atoms with Crippen LogP contribution in [0.1, 0.15) is 10.4 Å². The average molecular weight is 430 g/mol. The SMILES string of the molecule is COc1ccc(S(=O)(=O)Nc2ccc(C(=O)Nc3ccc(F)cc3)cc2)cc1OC. The fraction of sp³-hybridized carbons (Fsp3) is 0.0952.